The number of nitrogens with one attached hydrogen (secondary N) is 2. The molecule has 6 nitrogen and oxygen atoms in total. The van der Waals surface area contributed by atoms with E-state index in [-0.39, 0.29) is 24.9 Å². The maximum Gasteiger partial charge on any atom is 0.327 e. The first-order valence-corrected chi connectivity index (χ1v) is 6.29. The van der Waals surface area contributed by atoms with Gasteiger partial charge in [0.05, 0.1) is 0 Å². The number of halogens is 2. The number of aliphatic hydroxyl groups is 1. The van der Waals surface area contributed by atoms with Crippen LogP contribution in [0.25, 0.3) is 0 Å². The van der Waals surface area contributed by atoms with Gasteiger partial charge in [-0.15, -0.1) is 12.4 Å². The lowest BCUT2D eigenvalue weighted by atomic mass is 9.99. The van der Waals surface area contributed by atoms with Crippen LogP contribution in [0, 0.1) is 5.92 Å². The van der Waals surface area contributed by atoms with Crippen LogP contribution in [0.5, 0.6) is 0 Å². The van der Waals surface area contributed by atoms with Crippen LogP contribution in [-0.2, 0) is 0 Å². The highest BCUT2D eigenvalue weighted by molar-refractivity contribution is 9.10. The fraction of sp³-hybridized carbons (Fsp3) is 0.600. The van der Waals surface area contributed by atoms with Crippen molar-refractivity contribution >= 4 is 34.2 Å². The zero-order valence-electron chi connectivity index (χ0n) is 9.61. The molecule has 8 heteroatoms. The summed E-state index contributed by atoms with van der Waals surface area (Å²) < 4.78 is 0.329. The average molecular weight is 341 g/mol. The molecule has 1 fully saturated rings. The summed E-state index contributed by atoms with van der Waals surface area (Å²) in [7, 11) is 0. The van der Waals surface area contributed by atoms with E-state index in [9.17, 15) is 9.59 Å². The Hall–Kier alpha value is -0.790. The van der Waals surface area contributed by atoms with E-state index in [0.29, 0.717) is 16.8 Å². The molecule has 1 aliphatic rings. The van der Waals surface area contributed by atoms with Crippen LogP contribution in [0.1, 0.15) is 12.8 Å². The maximum absolute atomic E-state index is 11.5. The average Bonchev–Trinajstić information content (AvgIpc) is 2.34. The molecule has 1 saturated heterocycles. The van der Waals surface area contributed by atoms with Crippen molar-refractivity contribution in [3.63, 3.8) is 0 Å². The van der Waals surface area contributed by atoms with Gasteiger partial charge in [0.15, 0.2) is 0 Å². The van der Waals surface area contributed by atoms with Crippen molar-refractivity contribution in [3.8, 4) is 0 Å². The summed E-state index contributed by atoms with van der Waals surface area (Å²) in [5.74, 6) is 0.690. The maximum atomic E-state index is 11.5. The van der Waals surface area contributed by atoms with Gasteiger partial charge in [0.25, 0.3) is 5.56 Å². The number of aliphatic hydroxyl groups excluding tert-OH is 1. The summed E-state index contributed by atoms with van der Waals surface area (Å²) >= 11 is 3.17. The first-order valence-electron chi connectivity index (χ1n) is 5.49. The smallest absolute Gasteiger partial charge is 0.327 e. The van der Waals surface area contributed by atoms with Crippen molar-refractivity contribution in [1.82, 2.24) is 9.97 Å². The molecule has 0 spiro atoms. The quantitative estimate of drug-likeness (QED) is 0.729. The second kappa shape index (κ2) is 6.40. The molecule has 1 aliphatic heterocycles. The Bertz CT molecular complexity index is 516. The van der Waals surface area contributed by atoms with Crippen LogP contribution in [0.15, 0.2) is 14.1 Å². The summed E-state index contributed by atoms with van der Waals surface area (Å²) in [5, 5.41) is 9.16. The first kappa shape index (κ1) is 15.3. The van der Waals surface area contributed by atoms with Crippen molar-refractivity contribution in [3.05, 3.63) is 25.3 Å². The molecule has 0 amide bonds. The molecule has 0 saturated carbocycles. The summed E-state index contributed by atoms with van der Waals surface area (Å²) in [6.07, 6.45) is 1.91. The Kier molecular flexibility index (Phi) is 5.43. The SMILES string of the molecule is Cl.O=c1[nH]c(N2CCCC(CO)C2)c(Br)c(=O)[nH]1. The van der Waals surface area contributed by atoms with E-state index in [4.69, 9.17) is 5.11 Å². The molecule has 3 N–H and O–H groups in total. The largest absolute Gasteiger partial charge is 0.396 e. The number of rotatable bonds is 2. The lowest BCUT2D eigenvalue weighted by molar-refractivity contribution is 0.208. The third-order valence-corrected chi connectivity index (χ3v) is 3.70. The predicted octanol–water partition coefficient (Wildman–Crippen LogP) is 0.456. The third-order valence-electron chi connectivity index (χ3n) is 2.96. The number of hydrogen-bond donors (Lipinski definition) is 3. The van der Waals surface area contributed by atoms with Crippen molar-refractivity contribution in [2.45, 2.75) is 12.8 Å². The van der Waals surface area contributed by atoms with Crippen LogP contribution in [0.4, 0.5) is 5.82 Å². The van der Waals surface area contributed by atoms with Gasteiger partial charge < -0.3 is 10.0 Å². The van der Waals surface area contributed by atoms with E-state index >= 15 is 0 Å². The minimum Gasteiger partial charge on any atom is -0.396 e. The molecular formula is C10H15BrClN3O3. The zero-order valence-corrected chi connectivity index (χ0v) is 12.0. The Labute approximate surface area is 118 Å². The van der Waals surface area contributed by atoms with E-state index in [1.807, 2.05) is 4.90 Å². The van der Waals surface area contributed by atoms with Crippen LogP contribution in [0.2, 0.25) is 0 Å². The minimum absolute atomic E-state index is 0. The number of aromatic amines is 2. The number of H-pyrrole nitrogens is 2. The second-order valence-corrected chi connectivity index (χ2v) is 5.00. The Morgan fingerprint density at radius 3 is 2.78 bits per heavy atom. The van der Waals surface area contributed by atoms with E-state index in [1.165, 1.54) is 0 Å². The molecule has 1 aromatic heterocycles. The predicted molar refractivity (Wildman–Crippen MR) is 74.7 cm³/mol. The highest BCUT2D eigenvalue weighted by Gasteiger charge is 2.22. The van der Waals surface area contributed by atoms with Crippen LogP contribution in [0.3, 0.4) is 0 Å². The normalized spacial score (nSPS) is 19.4. The monoisotopic (exact) mass is 339 g/mol. The number of piperidine rings is 1. The number of hydrogen-bond acceptors (Lipinski definition) is 4. The standard InChI is InChI=1S/C10H14BrN3O3.ClH/c11-7-8(12-10(17)13-9(7)16)14-3-1-2-6(4-14)5-15;/h6,15H,1-5H2,(H2,12,13,16,17);1H. The topological polar surface area (TPSA) is 89.2 Å². The lowest BCUT2D eigenvalue weighted by Crippen LogP contribution is -2.39. The number of anilines is 1. The second-order valence-electron chi connectivity index (χ2n) is 4.21. The van der Waals surface area contributed by atoms with Gasteiger partial charge in [-0.3, -0.25) is 14.8 Å². The Morgan fingerprint density at radius 2 is 2.11 bits per heavy atom. The number of aromatic nitrogens is 2. The fourth-order valence-electron chi connectivity index (χ4n) is 2.09. The highest BCUT2D eigenvalue weighted by Crippen LogP contribution is 2.24. The molecule has 1 unspecified atom stereocenters. The highest BCUT2D eigenvalue weighted by atomic mass is 79.9. The van der Waals surface area contributed by atoms with E-state index in [2.05, 4.69) is 25.9 Å². The van der Waals surface area contributed by atoms with Crippen molar-refractivity contribution in [1.29, 1.82) is 0 Å². The molecule has 18 heavy (non-hydrogen) atoms. The van der Waals surface area contributed by atoms with Crippen molar-refractivity contribution in [2.24, 2.45) is 5.92 Å². The van der Waals surface area contributed by atoms with E-state index in [0.717, 1.165) is 19.4 Å². The summed E-state index contributed by atoms with van der Waals surface area (Å²) in [5.41, 5.74) is -0.950. The Balaban J connectivity index is 0.00000162. The first-order chi connectivity index (χ1) is 8.11. The lowest BCUT2D eigenvalue weighted by Gasteiger charge is -2.33. The van der Waals surface area contributed by atoms with Crippen molar-refractivity contribution < 1.29 is 5.11 Å². The van der Waals surface area contributed by atoms with Gasteiger partial charge in [-0.1, -0.05) is 0 Å². The van der Waals surface area contributed by atoms with Gasteiger partial charge in [0.2, 0.25) is 0 Å². The minimum atomic E-state index is -0.515. The summed E-state index contributed by atoms with van der Waals surface area (Å²) in [4.78, 5) is 29.4. The molecule has 2 rings (SSSR count). The molecule has 0 radical (unpaired) electrons. The summed E-state index contributed by atoms with van der Waals surface area (Å²) in [6, 6.07) is 0. The van der Waals surface area contributed by atoms with Gasteiger partial charge in [-0.05, 0) is 34.7 Å². The van der Waals surface area contributed by atoms with Crippen LogP contribution in [-0.4, -0.2) is 34.8 Å². The van der Waals surface area contributed by atoms with E-state index in [1.54, 1.807) is 0 Å². The van der Waals surface area contributed by atoms with Crippen LogP contribution >= 0.6 is 28.3 Å². The third kappa shape index (κ3) is 3.15. The van der Waals surface area contributed by atoms with Gasteiger partial charge in [0.1, 0.15) is 10.3 Å². The van der Waals surface area contributed by atoms with Gasteiger partial charge in [0, 0.05) is 19.7 Å². The zero-order chi connectivity index (χ0) is 12.4. The van der Waals surface area contributed by atoms with Gasteiger partial charge in [-0.25, -0.2) is 4.79 Å². The molecule has 2 heterocycles. The fourth-order valence-corrected chi connectivity index (χ4v) is 2.54. The molecule has 0 aliphatic carbocycles. The van der Waals surface area contributed by atoms with Crippen LogP contribution < -0.4 is 16.1 Å². The molecule has 1 atom stereocenters. The van der Waals surface area contributed by atoms with Crippen molar-refractivity contribution in [2.75, 3.05) is 24.6 Å². The molecular weight excluding hydrogens is 325 g/mol. The molecule has 0 aromatic carbocycles. The summed E-state index contributed by atoms with van der Waals surface area (Å²) in [6.45, 7) is 1.55. The van der Waals surface area contributed by atoms with E-state index < -0.39 is 11.2 Å². The number of nitrogens with zero attached hydrogens (tertiary/aromatic N) is 1. The Morgan fingerprint density at radius 1 is 1.39 bits per heavy atom. The van der Waals surface area contributed by atoms with Gasteiger partial charge >= 0.3 is 5.69 Å². The molecule has 0 bridgehead atoms. The van der Waals surface area contributed by atoms with Gasteiger partial charge in [-0.2, -0.15) is 0 Å². The molecule has 1 aromatic rings. The molecule has 102 valence electrons.